The summed E-state index contributed by atoms with van der Waals surface area (Å²) < 4.78 is 5.73. The molecule has 5 atom stereocenters. The average Bonchev–Trinajstić information content (AvgIpc) is 3.08. The monoisotopic (exact) mass is 487 g/mol. The number of ether oxygens (including phenoxy) is 1. The molecule has 1 aromatic rings. The molecule has 8 nitrogen and oxygen atoms in total. The maximum atomic E-state index is 13.8. The van der Waals surface area contributed by atoms with Gasteiger partial charge in [0, 0.05) is 67.5 Å². The topological polar surface area (TPSA) is 81.2 Å². The number of anilines is 1. The van der Waals surface area contributed by atoms with Gasteiger partial charge in [0.25, 0.3) is 0 Å². The van der Waals surface area contributed by atoms with Crippen LogP contribution in [0.25, 0.3) is 0 Å². The molecular weight excluding hydrogens is 442 g/mol. The van der Waals surface area contributed by atoms with E-state index in [-0.39, 0.29) is 17.4 Å². The van der Waals surface area contributed by atoms with E-state index in [2.05, 4.69) is 61.6 Å². The van der Waals surface area contributed by atoms with E-state index in [1.54, 1.807) is 0 Å². The fraction of sp³-hybridized carbons (Fsp3) is 0.778. The van der Waals surface area contributed by atoms with Crippen LogP contribution in [0.4, 0.5) is 5.69 Å². The molecule has 0 bridgehead atoms. The number of nitrogens with zero attached hydrogens (tertiary/aromatic N) is 4. The zero-order valence-electron chi connectivity index (χ0n) is 22.5. The van der Waals surface area contributed by atoms with E-state index in [1.807, 2.05) is 17.2 Å². The zero-order valence-corrected chi connectivity index (χ0v) is 22.5. The van der Waals surface area contributed by atoms with Gasteiger partial charge in [0.05, 0.1) is 37.2 Å². The number of nitrogens with one attached hydrogen (secondary N) is 1. The predicted octanol–water partition coefficient (Wildman–Crippen LogP) is 2.31. The molecule has 4 heterocycles. The van der Waals surface area contributed by atoms with Crippen LogP contribution in [0.1, 0.15) is 71.7 Å². The van der Waals surface area contributed by atoms with Crippen molar-refractivity contribution in [3.63, 3.8) is 0 Å². The average molecular weight is 488 g/mol. The molecule has 0 unspecified atom stereocenters. The summed E-state index contributed by atoms with van der Waals surface area (Å²) in [7, 11) is 0. The fourth-order valence-corrected chi connectivity index (χ4v) is 5.90. The lowest BCUT2D eigenvalue weighted by Gasteiger charge is -2.46. The van der Waals surface area contributed by atoms with Crippen molar-refractivity contribution in [2.24, 2.45) is 0 Å². The first kappa shape index (κ1) is 26.5. The Morgan fingerprint density at radius 1 is 1.29 bits per heavy atom. The molecule has 196 valence electrons. The van der Waals surface area contributed by atoms with Crippen molar-refractivity contribution >= 4 is 11.6 Å². The Kier molecular flexibility index (Phi) is 8.18. The number of morpholine rings is 1. The molecule has 1 amide bonds. The molecule has 2 fully saturated rings. The highest BCUT2D eigenvalue weighted by molar-refractivity contribution is 5.97. The third-order valence-corrected chi connectivity index (χ3v) is 8.02. The Bertz CT molecular complexity index is 884. The molecule has 0 aliphatic carbocycles. The standard InChI is InChI=1S/C27H45N5O3/c1-7-8-25(33)23-9-24-22(11-29-23)27(5,6)17-32(24)26(34)14-30-12-18(2)28-10-21(30)13-31-19(3)15-35-16-20(31)4/h9,11,18-21,25,28,33H,7-8,10,12-17H2,1-6H3/t18-,19-,20-,21-,25-/m1/s1. The summed E-state index contributed by atoms with van der Waals surface area (Å²) in [5.74, 6) is 0.126. The number of aliphatic hydroxyl groups is 1. The third kappa shape index (κ3) is 5.72. The molecule has 8 heteroatoms. The molecule has 3 aliphatic rings. The first-order valence-corrected chi connectivity index (χ1v) is 13.4. The van der Waals surface area contributed by atoms with Crippen LogP contribution in [0.5, 0.6) is 0 Å². The summed E-state index contributed by atoms with van der Waals surface area (Å²) in [4.78, 5) is 25.2. The minimum absolute atomic E-state index is 0.126. The number of amides is 1. The van der Waals surface area contributed by atoms with Crippen molar-refractivity contribution in [2.45, 2.75) is 90.1 Å². The first-order valence-electron chi connectivity index (χ1n) is 13.4. The molecule has 0 saturated carbocycles. The van der Waals surface area contributed by atoms with Gasteiger partial charge in [-0.3, -0.25) is 19.6 Å². The van der Waals surface area contributed by atoms with Crippen LogP contribution in [0, 0.1) is 0 Å². The van der Waals surface area contributed by atoms with Gasteiger partial charge in [0.15, 0.2) is 0 Å². The highest BCUT2D eigenvalue weighted by Crippen LogP contribution is 2.41. The van der Waals surface area contributed by atoms with E-state index in [0.717, 1.165) is 50.5 Å². The SMILES string of the molecule is CCC[C@@H](O)c1cc2c(cn1)C(C)(C)CN2C(=O)CN1C[C@@H](C)NC[C@@H]1CN1[C@H](C)COC[C@H]1C. The van der Waals surface area contributed by atoms with Crippen LogP contribution in [0.2, 0.25) is 0 Å². The van der Waals surface area contributed by atoms with Gasteiger partial charge in [-0.1, -0.05) is 27.2 Å². The van der Waals surface area contributed by atoms with E-state index >= 15 is 0 Å². The molecule has 0 aromatic carbocycles. The quantitative estimate of drug-likeness (QED) is 0.611. The number of carbonyl (C=O) groups is 1. The van der Waals surface area contributed by atoms with E-state index in [0.29, 0.717) is 43.3 Å². The maximum Gasteiger partial charge on any atom is 0.241 e. The Labute approximate surface area is 211 Å². The minimum atomic E-state index is -0.595. The molecule has 4 rings (SSSR count). The second-order valence-corrected chi connectivity index (χ2v) is 11.6. The molecule has 2 N–H and O–H groups in total. The van der Waals surface area contributed by atoms with E-state index < -0.39 is 6.10 Å². The van der Waals surface area contributed by atoms with Crippen molar-refractivity contribution in [2.75, 3.05) is 50.8 Å². The number of fused-ring (bicyclic) bond motifs is 1. The maximum absolute atomic E-state index is 13.8. The van der Waals surface area contributed by atoms with Crippen molar-refractivity contribution in [3.05, 3.63) is 23.5 Å². The van der Waals surface area contributed by atoms with Crippen molar-refractivity contribution in [3.8, 4) is 0 Å². The van der Waals surface area contributed by atoms with Gasteiger partial charge in [-0.15, -0.1) is 0 Å². The number of aliphatic hydroxyl groups excluding tert-OH is 1. The van der Waals surface area contributed by atoms with Gasteiger partial charge in [-0.25, -0.2) is 0 Å². The summed E-state index contributed by atoms with van der Waals surface area (Å²) in [6, 6.07) is 3.32. The lowest BCUT2D eigenvalue weighted by atomic mass is 9.88. The lowest BCUT2D eigenvalue weighted by Crippen LogP contribution is -2.63. The number of rotatable bonds is 7. The van der Waals surface area contributed by atoms with Crippen molar-refractivity contribution in [1.29, 1.82) is 0 Å². The Hall–Kier alpha value is -1.58. The number of piperazine rings is 1. The third-order valence-electron chi connectivity index (χ3n) is 8.02. The second kappa shape index (κ2) is 10.8. The number of hydrogen-bond acceptors (Lipinski definition) is 7. The van der Waals surface area contributed by atoms with E-state index in [4.69, 9.17) is 4.74 Å². The molecular formula is C27H45N5O3. The van der Waals surface area contributed by atoms with E-state index in [9.17, 15) is 9.90 Å². The van der Waals surface area contributed by atoms with Crippen LogP contribution in [0.15, 0.2) is 12.3 Å². The lowest BCUT2D eigenvalue weighted by molar-refractivity contribution is -0.121. The van der Waals surface area contributed by atoms with Crippen molar-refractivity contribution in [1.82, 2.24) is 20.1 Å². The van der Waals surface area contributed by atoms with Gasteiger partial charge in [-0.05, 0) is 33.3 Å². The first-order chi connectivity index (χ1) is 16.6. The van der Waals surface area contributed by atoms with Gasteiger partial charge < -0.3 is 20.1 Å². The smallest absolute Gasteiger partial charge is 0.241 e. The Morgan fingerprint density at radius 2 is 2.00 bits per heavy atom. The van der Waals surface area contributed by atoms with Crippen molar-refractivity contribution < 1.29 is 14.6 Å². The molecule has 0 spiro atoms. The largest absolute Gasteiger partial charge is 0.387 e. The van der Waals surface area contributed by atoms with E-state index in [1.165, 1.54) is 0 Å². The highest BCUT2D eigenvalue weighted by atomic mass is 16.5. The number of carbonyl (C=O) groups excluding carboxylic acids is 1. The van der Waals surface area contributed by atoms with Crippen LogP contribution < -0.4 is 10.2 Å². The number of pyridine rings is 1. The van der Waals surface area contributed by atoms with Crippen LogP contribution in [0.3, 0.4) is 0 Å². The molecule has 1 aromatic heterocycles. The number of aromatic nitrogens is 1. The van der Waals surface area contributed by atoms with Gasteiger partial charge in [0.2, 0.25) is 5.91 Å². The van der Waals surface area contributed by atoms with Gasteiger partial charge in [0.1, 0.15) is 0 Å². The summed E-state index contributed by atoms with van der Waals surface area (Å²) in [5, 5.41) is 14.2. The normalized spacial score (nSPS) is 30.3. The molecule has 0 radical (unpaired) electrons. The molecule has 3 aliphatic heterocycles. The zero-order chi connectivity index (χ0) is 25.3. The highest BCUT2D eigenvalue weighted by Gasteiger charge is 2.40. The summed E-state index contributed by atoms with van der Waals surface area (Å²) in [6.07, 6.45) is 2.83. The second-order valence-electron chi connectivity index (χ2n) is 11.6. The fourth-order valence-electron chi connectivity index (χ4n) is 5.90. The minimum Gasteiger partial charge on any atom is -0.387 e. The Morgan fingerprint density at radius 3 is 2.69 bits per heavy atom. The number of hydrogen-bond donors (Lipinski definition) is 2. The molecule has 2 saturated heterocycles. The summed E-state index contributed by atoms with van der Waals surface area (Å²) >= 11 is 0. The molecule has 35 heavy (non-hydrogen) atoms. The van der Waals surface area contributed by atoms with Crippen LogP contribution in [-0.2, 0) is 14.9 Å². The summed E-state index contributed by atoms with van der Waals surface area (Å²) in [5.41, 5.74) is 2.49. The van der Waals surface area contributed by atoms with Crippen LogP contribution >= 0.6 is 0 Å². The van der Waals surface area contributed by atoms with Crippen LogP contribution in [-0.4, -0.2) is 95.9 Å². The Balaban J connectivity index is 1.52. The summed E-state index contributed by atoms with van der Waals surface area (Å²) in [6.45, 7) is 18.3. The van der Waals surface area contributed by atoms with Gasteiger partial charge >= 0.3 is 0 Å². The van der Waals surface area contributed by atoms with Gasteiger partial charge in [-0.2, -0.15) is 0 Å². The predicted molar refractivity (Wildman–Crippen MR) is 139 cm³/mol.